The molecule has 1 N–H and O–H groups in total. The van der Waals surface area contributed by atoms with Crippen LogP contribution in [0.1, 0.15) is 31.9 Å². The number of rotatable bonds is 6. The Kier molecular flexibility index (Phi) is 5.63. The second-order valence-corrected chi connectivity index (χ2v) is 6.52. The molecule has 2 rings (SSSR count). The summed E-state index contributed by atoms with van der Waals surface area (Å²) in [6.45, 7) is 5.39. The van der Waals surface area contributed by atoms with Crippen LogP contribution in [0.5, 0.6) is 0 Å². The highest BCUT2D eigenvalue weighted by molar-refractivity contribution is 9.10. The van der Waals surface area contributed by atoms with Crippen LogP contribution in [0.3, 0.4) is 0 Å². The quantitative estimate of drug-likeness (QED) is 0.856. The van der Waals surface area contributed by atoms with E-state index in [1.807, 2.05) is 7.05 Å². The summed E-state index contributed by atoms with van der Waals surface area (Å²) in [4.78, 5) is 5.38. The Hall–Kier alpha value is -0.850. The van der Waals surface area contributed by atoms with Gasteiger partial charge in [-0.2, -0.15) is 5.10 Å². The van der Waals surface area contributed by atoms with Gasteiger partial charge in [-0.05, 0) is 37.6 Å². The van der Waals surface area contributed by atoms with Crippen molar-refractivity contribution in [2.24, 2.45) is 7.05 Å². The van der Waals surface area contributed by atoms with E-state index in [-0.39, 0.29) is 0 Å². The van der Waals surface area contributed by atoms with Gasteiger partial charge in [0.15, 0.2) is 5.16 Å². The van der Waals surface area contributed by atoms with Crippen molar-refractivity contribution in [1.29, 1.82) is 0 Å². The SMILES string of the molecule is CCCNC(C)c1ccc(Sc2ncnn2C)cc1Br. The third kappa shape index (κ3) is 3.84. The van der Waals surface area contributed by atoms with Crippen molar-refractivity contribution < 1.29 is 0 Å². The van der Waals surface area contributed by atoms with Crippen molar-refractivity contribution >= 4 is 27.7 Å². The molecule has 0 aliphatic carbocycles. The average molecular weight is 355 g/mol. The smallest absolute Gasteiger partial charge is 0.190 e. The number of aromatic nitrogens is 3. The van der Waals surface area contributed by atoms with Gasteiger partial charge in [-0.25, -0.2) is 9.67 Å². The lowest BCUT2D eigenvalue weighted by molar-refractivity contribution is 0.568. The lowest BCUT2D eigenvalue weighted by atomic mass is 10.1. The number of benzene rings is 1. The average Bonchev–Trinajstić information content (AvgIpc) is 2.82. The second-order valence-electron chi connectivity index (χ2n) is 4.63. The van der Waals surface area contributed by atoms with E-state index in [1.54, 1.807) is 22.8 Å². The van der Waals surface area contributed by atoms with E-state index >= 15 is 0 Å². The third-order valence-electron chi connectivity index (χ3n) is 3.02. The van der Waals surface area contributed by atoms with Crippen molar-refractivity contribution in [2.75, 3.05) is 6.54 Å². The van der Waals surface area contributed by atoms with E-state index in [9.17, 15) is 0 Å². The maximum absolute atomic E-state index is 4.23. The number of hydrogen-bond donors (Lipinski definition) is 1. The predicted octanol–water partition coefficient (Wildman–Crippen LogP) is 3.79. The fourth-order valence-corrected chi connectivity index (χ4v) is 3.55. The fraction of sp³-hybridized carbons (Fsp3) is 0.429. The Labute approximate surface area is 132 Å². The first kappa shape index (κ1) is 15.5. The van der Waals surface area contributed by atoms with Crippen LogP contribution in [0.15, 0.2) is 39.1 Å². The Morgan fingerprint density at radius 1 is 1.45 bits per heavy atom. The monoisotopic (exact) mass is 354 g/mol. The molecule has 1 heterocycles. The van der Waals surface area contributed by atoms with Crippen molar-refractivity contribution in [3.05, 3.63) is 34.6 Å². The minimum atomic E-state index is 0.346. The lowest BCUT2D eigenvalue weighted by Crippen LogP contribution is -2.19. The molecule has 20 heavy (non-hydrogen) atoms. The van der Waals surface area contributed by atoms with Gasteiger partial charge in [-0.15, -0.1) is 0 Å². The van der Waals surface area contributed by atoms with Gasteiger partial charge < -0.3 is 5.32 Å². The summed E-state index contributed by atoms with van der Waals surface area (Å²) in [5.74, 6) is 0. The van der Waals surface area contributed by atoms with Gasteiger partial charge in [-0.3, -0.25) is 0 Å². The summed E-state index contributed by atoms with van der Waals surface area (Å²) < 4.78 is 2.90. The summed E-state index contributed by atoms with van der Waals surface area (Å²) in [6.07, 6.45) is 2.71. The van der Waals surface area contributed by atoms with Gasteiger partial charge >= 0.3 is 0 Å². The minimum absolute atomic E-state index is 0.346. The van der Waals surface area contributed by atoms with Crippen LogP contribution in [0, 0.1) is 0 Å². The van der Waals surface area contributed by atoms with E-state index in [1.165, 1.54) is 5.56 Å². The lowest BCUT2D eigenvalue weighted by Gasteiger charge is -2.16. The maximum Gasteiger partial charge on any atom is 0.190 e. The number of hydrogen-bond acceptors (Lipinski definition) is 4. The van der Waals surface area contributed by atoms with Crippen LogP contribution in [-0.4, -0.2) is 21.3 Å². The zero-order valence-corrected chi connectivity index (χ0v) is 14.3. The Morgan fingerprint density at radius 3 is 2.85 bits per heavy atom. The molecule has 1 atom stereocenters. The van der Waals surface area contributed by atoms with Crippen molar-refractivity contribution in [3.8, 4) is 0 Å². The highest BCUT2D eigenvalue weighted by Crippen LogP contribution is 2.31. The number of halogens is 1. The summed E-state index contributed by atoms with van der Waals surface area (Å²) in [6, 6.07) is 6.77. The zero-order chi connectivity index (χ0) is 14.5. The molecule has 0 saturated carbocycles. The molecule has 0 saturated heterocycles. The van der Waals surface area contributed by atoms with E-state index in [2.05, 4.69) is 63.4 Å². The van der Waals surface area contributed by atoms with Gasteiger partial charge in [-0.1, -0.05) is 40.7 Å². The number of aryl methyl sites for hydroxylation is 1. The molecular formula is C14H19BrN4S. The van der Waals surface area contributed by atoms with Crippen molar-refractivity contribution in [3.63, 3.8) is 0 Å². The van der Waals surface area contributed by atoms with Crippen molar-refractivity contribution in [2.45, 2.75) is 36.4 Å². The Balaban J connectivity index is 2.11. The normalized spacial score (nSPS) is 12.6. The molecule has 0 spiro atoms. The van der Waals surface area contributed by atoms with Crippen LogP contribution < -0.4 is 5.32 Å². The number of nitrogens with zero attached hydrogens (tertiary/aromatic N) is 3. The Morgan fingerprint density at radius 2 is 2.25 bits per heavy atom. The molecule has 2 aromatic rings. The Bertz CT molecular complexity index is 570. The van der Waals surface area contributed by atoms with Crippen molar-refractivity contribution in [1.82, 2.24) is 20.1 Å². The molecule has 1 aromatic carbocycles. The van der Waals surface area contributed by atoms with Gasteiger partial charge in [0, 0.05) is 22.5 Å². The minimum Gasteiger partial charge on any atom is -0.310 e. The van der Waals surface area contributed by atoms with Gasteiger partial charge in [0.25, 0.3) is 0 Å². The highest BCUT2D eigenvalue weighted by Gasteiger charge is 2.10. The molecule has 0 aliphatic rings. The van der Waals surface area contributed by atoms with Gasteiger partial charge in [0.2, 0.25) is 0 Å². The van der Waals surface area contributed by atoms with Crippen LogP contribution in [-0.2, 0) is 7.05 Å². The van der Waals surface area contributed by atoms with Crippen LogP contribution in [0.25, 0.3) is 0 Å². The molecule has 0 aliphatic heterocycles. The highest BCUT2D eigenvalue weighted by atomic mass is 79.9. The molecule has 4 nitrogen and oxygen atoms in total. The fourth-order valence-electron chi connectivity index (χ4n) is 1.88. The van der Waals surface area contributed by atoms with E-state index in [0.29, 0.717) is 6.04 Å². The van der Waals surface area contributed by atoms with E-state index in [0.717, 1.165) is 27.5 Å². The second kappa shape index (κ2) is 7.24. The molecule has 0 bridgehead atoms. The zero-order valence-electron chi connectivity index (χ0n) is 11.9. The maximum atomic E-state index is 4.23. The van der Waals surface area contributed by atoms with Gasteiger partial charge in [0.1, 0.15) is 6.33 Å². The molecule has 0 amide bonds. The largest absolute Gasteiger partial charge is 0.310 e. The third-order valence-corrected chi connectivity index (χ3v) is 4.75. The van der Waals surface area contributed by atoms with E-state index < -0.39 is 0 Å². The first-order valence-corrected chi connectivity index (χ1v) is 8.27. The summed E-state index contributed by atoms with van der Waals surface area (Å²) >= 11 is 5.28. The van der Waals surface area contributed by atoms with Gasteiger partial charge in [0.05, 0.1) is 0 Å². The molecule has 1 unspecified atom stereocenters. The molecule has 1 aromatic heterocycles. The summed E-state index contributed by atoms with van der Waals surface area (Å²) in [7, 11) is 1.90. The summed E-state index contributed by atoms with van der Waals surface area (Å²) in [5, 5.41) is 8.47. The molecular weight excluding hydrogens is 336 g/mol. The van der Waals surface area contributed by atoms with Crippen LogP contribution in [0.4, 0.5) is 0 Å². The van der Waals surface area contributed by atoms with E-state index in [4.69, 9.17) is 0 Å². The molecule has 108 valence electrons. The predicted molar refractivity (Wildman–Crippen MR) is 86.0 cm³/mol. The molecule has 6 heteroatoms. The standard InChI is InChI=1S/C14H19BrN4S/c1-4-7-16-10(2)12-6-5-11(8-13(12)15)20-14-17-9-18-19(14)3/h5-6,8-10,16H,4,7H2,1-3H3. The number of nitrogens with one attached hydrogen (secondary N) is 1. The van der Waals surface area contributed by atoms with Crippen LogP contribution >= 0.6 is 27.7 Å². The molecule has 0 radical (unpaired) electrons. The topological polar surface area (TPSA) is 42.7 Å². The summed E-state index contributed by atoms with van der Waals surface area (Å²) in [5.41, 5.74) is 1.28. The van der Waals surface area contributed by atoms with Crippen LogP contribution in [0.2, 0.25) is 0 Å². The molecule has 0 fully saturated rings. The first-order valence-electron chi connectivity index (χ1n) is 6.66. The first-order chi connectivity index (χ1) is 9.61.